The summed E-state index contributed by atoms with van der Waals surface area (Å²) < 4.78 is 5.42. The minimum atomic E-state index is 0.239. The largest absolute Gasteiger partial charge is 0.496 e. The van der Waals surface area contributed by atoms with Gasteiger partial charge in [0.2, 0.25) is 0 Å². The first kappa shape index (κ1) is 13.7. The van der Waals surface area contributed by atoms with Crippen molar-refractivity contribution in [3.05, 3.63) is 65.9 Å². The Morgan fingerprint density at radius 3 is 2.86 bits per heavy atom. The van der Waals surface area contributed by atoms with E-state index in [0.717, 1.165) is 12.3 Å². The molecule has 0 aliphatic carbocycles. The van der Waals surface area contributed by atoms with Crippen molar-refractivity contribution in [1.82, 2.24) is 10.3 Å². The van der Waals surface area contributed by atoms with E-state index in [2.05, 4.69) is 47.6 Å². The molecule has 0 aliphatic rings. The molecule has 3 nitrogen and oxygen atoms in total. The SMILES string of the molecule is COc1ccccc1C(C)NCc1ccc2[nH]ccc2c1. The Hall–Kier alpha value is -2.26. The number of rotatable bonds is 5. The highest BCUT2D eigenvalue weighted by molar-refractivity contribution is 5.79. The maximum absolute atomic E-state index is 5.42. The predicted octanol–water partition coefficient (Wildman–Crippen LogP) is 4.03. The van der Waals surface area contributed by atoms with Gasteiger partial charge in [-0.15, -0.1) is 0 Å². The number of hydrogen-bond donors (Lipinski definition) is 2. The summed E-state index contributed by atoms with van der Waals surface area (Å²) in [5.41, 5.74) is 3.64. The average molecular weight is 280 g/mol. The van der Waals surface area contributed by atoms with Crippen molar-refractivity contribution < 1.29 is 4.74 Å². The molecule has 1 aromatic heterocycles. The van der Waals surface area contributed by atoms with E-state index >= 15 is 0 Å². The Labute approximate surface area is 125 Å². The van der Waals surface area contributed by atoms with E-state index in [1.807, 2.05) is 24.4 Å². The van der Waals surface area contributed by atoms with Crippen LogP contribution in [0.3, 0.4) is 0 Å². The molecule has 3 aromatic rings. The Morgan fingerprint density at radius 1 is 1.14 bits per heavy atom. The van der Waals surface area contributed by atoms with Crippen molar-refractivity contribution >= 4 is 10.9 Å². The number of benzene rings is 2. The minimum Gasteiger partial charge on any atom is -0.496 e. The number of fused-ring (bicyclic) bond motifs is 1. The summed E-state index contributed by atoms with van der Waals surface area (Å²) in [7, 11) is 1.71. The number of hydrogen-bond acceptors (Lipinski definition) is 2. The molecule has 3 heteroatoms. The van der Waals surface area contributed by atoms with Gasteiger partial charge in [-0.2, -0.15) is 0 Å². The fourth-order valence-corrected chi connectivity index (χ4v) is 2.62. The Morgan fingerprint density at radius 2 is 2.00 bits per heavy atom. The van der Waals surface area contributed by atoms with Crippen LogP contribution in [0, 0.1) is 0 Å². The lowest BCUT2D eigenvalue weighted by molar-refractivity contribution is 0.401. The highest BCUT2D eigenvalue weighted by Gasteiger charge is 2.10. The van der Waals surface area contributed by atoms with Crippen LogP contribution < -0.4 is 10.1 Å². The standard InChI is InChI=1S/C18H20N2O/c1-13(16-5-3-4-6-18(16)21-2)20-12-14-7-8-17-15(11-14)9-10-19-17/h3-11,13,19-20H,12H2,1-2H3. The molecule has 1 unspecified atom stereocenters. The molecule has 1 heterocycles. The van der Waals surface area contributed by atoms with Crippen LogP contribution in [0.1, 0.15) is 24.1 Å². The van der Waals surface area contributed by atoms with Gasteiger partial charge in [-0.05, 0) is 42.1 Å². The summed E-state index contributed by atoms with van der Waals surface area (Å²) in [6.45, 7) is 2.99. The molecule has 0 saturated heterocycles. The first-order valence-corrected chi connectivity index (χ1v) is 7.20. The molecule has 0 aliphatic heterocycles. The van der Waals surface area contributed by atoms with Crippen molar-refractivity contribution in [3.63, 3.8) is 0 Å². The van der Waals surface area contributed by atoms with Crippen molar-refractivity contribution in [3.8, 4) is 5.75 Å². The van der Waals surface area contributed by atoms with Crippen LogP contribution in [0.4, 0.5) is 0 Å². The summed E-state index contributed by atoms with van der Waals surface area (Å²) in [6, 6.07) is 17.0. The molecule has 0 spiro atoms. The summed E-state index contributed by atoms with van der Waals surface area (Å²) in [6.07, 6.45) is 1.97. The summed E-state index contributed by atoms with van der Waals surface area (Å²) in [5.74, 6) is 0.929. The molecular weight excluding hydrogens is 260 g/mol. The van der Waals surface area contributed by atoms with E-state index in [4.69, 9.17) is 4.74 Å². The van der Waals surface area contributed by atoms with E-state index in [-0.39, 0.29) is 6.04 Å². The highest BCUT2D eigenvalue weighted by Crippen LogP contribution is 2.24. The van der Waals surface area contributed by atoms with Crippen LogP contribution in [0.2, 0.25) is 0 Å². The van der Waals surface area contributed by atoms with E-state index in [0.29, 0.717) is 0 Å². The molecule has 0 bridgehead atoms. The average Bonchev–Trinajstić information content (AvgIpc) is 3.00. The smallest absolute Gasteiger partial charge is 0.123 e. The van der Waals surface area contributed by atoms with Gasteiger partial charge in [0, 0.05) is 29.9 Å². The normalized spacial score (nSPS) is 12.5. The molecule has 0 radical (unpaired) electrons. The predicted molar refractivity (Wildman–Crippen MR) is 86.5 cm³/mol. The third-order valence-corrected chi connectivity index (χ3v) is 3.84. The van der Waals surface area contributed by atoms with Crippen molar-refractivity contribution in [1.29, 1.82) is 0 Å². The highest BCUT2D eigenvalue weighted by atomic mass is 16.5. The fourth-order valence-electron chi connectivity index (χ4n) is 2.62. The molecular formula is C18H20N2O. The summed E-state index contributed by atoms with van der Waals surface area (Å²) in [5, 5.41) is 4.81. The van der Waals surface area contributed by atoms with Crippen LogP contribution in [0.5, 0.6) is 5.75 Å². The van der Waals surface area contributed by atoms with Crippen LogP contribution >= 0.6 is 0 Å². The topological polar surface area (TPSA) is 37.0 Å². The molecule has 0 amide bonds. The van der Waals surface area contributed by atoms with Gasteiger partial charge in [-0.3, -0.25) is 0 Å². The van der Waals surface area contributed by atoms with E-state index in [1.165, 1.54) is 22.0 Å². The van der Waals surface area contributed by atoms with Crippen LogP contribution in [-0.4, -0.2) is 12.1 Å². The van der Waals surface area contributed by atoms with Gasteiger partial charge < -0.3 is 15.0 Å². The van der Waals surface area contributed by atoms with Crippen LogP contribution in [0.15, 0.2) is 54.7 Å². The lowest BCUT2D eigenvalue weighted by Gasteiger charge is -2.17. The monoisotopic (exact) mass is 280 g/mol. The maximum atomic E-state index is 5.42. The lowest BCUT2D eigenvalue weighted by atomic mass is 10.1. The summed E-state index contributed by atoms with van der Waals surface area (Å²) in [4.78, 5) is 3.22. The minimum absolute atomic E-state index is 0.239. The van der Waals surface area contributed by atoms with Gasteiger partial charge in [-0.1, -0.05) is 24.3 Å². The van der Waals surface area contributed by atoms with Gasteiger partial charge in [0.1, 0.15) is 5.75 Å². The number of aromatic amines is 1. The van der Waals surface area contributed by atoms with E-state index < -0.39 is 0 Å². The zero-order chi connectivity index (χ0) is 14.7. The number of nitrogens with one attached hydrogen (secondary N) is 2. The molecule has 3 rings (SSSR count). The van der Waals surface area contributed by atoms with Gasteiger partial charge in [0.05, 0.1) is 7.11 Å². The van der Waals surface area contributed by atoms with Crippen molar-refractivity contribution in [2.24, 2.45) is 0 Å². The number of para-hydroxylation sites is 1. The number of H-pyrrole nitrogens is 1. The van der Waals surface area contributed by atoms with E-state index in [1.54, 1.807) is 7.11 Å². The number of methoxy groups -OCH3 is 1. The third kappa shape index (κ3) is 2.93. The van der Waals surface area contributed by atoms with E-state index in [9.17, 15) is 0 Å². The molecule has 2 aromatic carbocycles. The fraction of sp³-hybridized carbons (Fsp3) is 0.222. The third-order valence-electron chi connectivity index (χ3n) is 3.84. The molecule has 0 fully saturated rings. The molecule has 2 N–H and O–H groups in total. The van der Waals surface area contributed by atoms with Crippen molar-refractivity contribution in [2.45, 2.75) is 19.5 Å². The maximum Gasteiger partial charge on any atom is 0.123 e. The lowest BCUT2D eigenvalue weighted by Crippen LogP contribution is -2.18. The van der Waals surface area contributed by atoms with Crippen LogP contribution in [-0.2, 0) is 6.54 Å². The van der Waals surface area contributed by atoms with Gasteiger partial charge >= 0.3 is 0 Å². The number of aromatic nitrogens is 1. The first-order chi connectivity index (χ1) is 10.3. The number of ether oxygens (including phenoxy) is 1. The van der Waals surface area contributed by atoms with Gasteiger partial charge in [-0.25, -0.2) is 0 Å². The van der Waals surface area contributed by atoms with Crippen molar-refractivity contribution in [2.75, 3.05) is 7.11 Å². The van der Waals surface area contributed by atoms with Gasteiger partial charge in [0.15, 0.2) is 0 Å². The quantitative estimate of drug-likeness (QED) is 0.740. The second-order valence-corrected chi connectivity index (χ2v) is 5.24. The van der Waals surface area contributed by atoms with Crippen LogP contribution in [0.25, 0.3) is 10.9 Å². The second kappa shape index (κ2) is 6.02. The summed E-state index contributed by atoms with van der Waals surface area (Å²) >= 11 is 0. The molecule has 0 saturated carbocycles. The Balaban J connectivity index is 1.71. The zero-order valence-electron chi connectivity index (χ0n) is 12.4. The molecule has 108 valence electrons. The Kier molecular flexibility index (Phi) is 3.93. The molecule has 21 heavy (non-hydrogen) atoms. The zero-order valence-corrected chi connectivity index (χ0v) is 12.4. The molecule has 1 atom stereocenters. The van der Waals surface area contributed by atoms with Gasteiger partial charge in [0.25, 0.3) is 0 Å². The second-order valence-electron chi connectivity index (χ2n) is 5.24. The Bertz CT molecular complexity index is 733. The first-order valence-electron chi connectivity index (χ1n) is 7.20.